The molecule has 0 heterocycles. The number of quaternary nitrogens is 1. The Hall–Kier alpha value is 0.790. The second kappa shape index (κ2) is 13.2. The lowest BCUT2D eigenvalue weighted by atomic mass is 10.1. The van der Waals surface area contributed by atoms with Crippen LogP contribution in [0.1, 0.15) is 64.7 Å². The lowest BCUT2D eigenvalue weighted by Crippen LogP contribution is -3.00. The molecule has 17 heavy (non-hydrogen) atoms. The van der Waals surface area contributed by atoms with Gasteiger partial charge in [-0.05, 0) is 12.8 Å². The van der Waals surface area contributed by atoms with Gasteiger partial charge in [-0.1, -0.05) is 51.9 Å². The van der Waals surface area contributed by atoms with Gasteiger partial charge < -0.3 is 21.5 Å². The van der Waals surface area contributed by atoms with Gasteiger partial charge in [0.15, 0.2) is 0 Å². The van der Waals surface area contributed by atoms with Crippen molar-refractivity contribution in [3.63, 3.8) is 0 Å². The van der Waals surface area contributed by atoms with Crippen molar-refractivity contribution in [2.75, 3.05) is 26.5 Å². The Labute approximate surface area is 125 Å². The van der Waals surface area contributed by atoms with Crippen LogP contribution in [0, 0.1) is 0 Å². The van der Waals surface area contributed by atoms with Crippen molar-refractivity contribution in [3.05, 3.63) is 0 Å². The summed E-state index contributed by atoms with van der Waals surface area (Å²) in [6.07, 6.45) is 12.8. The van der Waals surface area contributed by atoms with E-state index < -0.39 is 0 Å². The van der Waals surface area contributed by atoms with Gasteiger partial charge in [-0.3, -0.25) is 0 Å². The van der Waals surface area contributed by atoms with E-state index in [4.69, 9.17) is 0 Å². The van der Waals surface area contributed by atoms with E-state index >= 15 is 0 Å². The Morgan fingerprint density at radius 3 is 1.59 bits per heavy atom. The summed E-state index contributed by atoms with van der Waals surface area (Å²) in [6.45, 7) is 3.56. The number of thiol groups is 1. The molecule has 0 bridgehead atoms. The molecule has 0 aromatic heterocycles. The molecule has 0 aliphatic carbocycles. The molecule has 0 aliphatic heterocycles. The van der Waals surface area contributed by atoms with E-state index in [0.717, 1.165) is 10.4 Å². The number of unbranched alkanes of at least 4 members (excludes halogenated alkanes) is 8. The maximum absolute atomic E-state index is 4.36. The predicted octanol–water partition coefficient (Wildman–Crippen LogP) is 1.48. The van der Waals surface area contributed by atoms with Gasteiger partial charge in [0.05, 0.1) is 20.6 Å². The van der Waals surface area contributed by atoms with E-state index in [1.165, 1.54) is 64.3 Å². The zero-order valence-corrected chi connectivity index (χ0v) is 14.5. The van der Waals surface area contributed by atoms with Crippen LogP contribution >= 0.6 is 12.6 Å². The summed E-state index contributed by atoms with van der Waals surface area (Å²) >= 11 is 4.36. The van der Waals surface area contributed by atoms with Crippen LogP contribution in [-0.4, -0.2) is 31.0 Å². The summed E-state index contributed by atoms with van der Waals surface area (Å²) in [6, 6.07) is 0. The van der Waals surface area contributed by atoms with Crippen LogP contribution in [0.25, 0.3) is 0 Å². The average Bonchev–Trinajstić information content (AvgIpc) is 2.27. The number of nitrogens with zero attached hydrogens (tertiary/aromatic N) is 1. The Morgan fingerprint density at radius 1 is 0.765 bits per heavy atom. The summed E-state index contributed by atoms with van der Waals surface area (Å²) in [5.74, 6) is 0.955. The number of hydrogen-bond donors (Lipinski definition) is 1. The fourth-order valence-corrected chi connectivity index (χ4v) is 2.06. The smallest absolute Gasteiger partial charge is 0.122 e. The fraction of sp³-hybridized carbons (Fsp3) is 1.00. The number of rotatable bonds is 11. The van der Waals surface area contributed by atoms with Gasteiger partial charge in [-0.25, -0.2) is 0 Å². The van der Waals surface area contributed by atoms with Crippen LogP contribution in [0.5, 0.6) is 0 Å². The molecule has 0 fully saturated rings. The van der Waals surface area contributed by atoms with Crippen LogP contribution in [0.4, 0.5) is 0 Å². The van der Waals surface area contributed by atoms with E-state index in [1.54, 1.807) is 0 Å². The van der Waals surface area contributed by atoms with E-state index in [2.05, 4.69) is 33.6 Å². The Morgan fingerprint density at radius 2 is 1.18 bits per heavy atom. The SMILES string of the molecule is CCCCCCCCCCC[N+](C)(C)CS.[Br-]. The third-order valence-electron chi connectivity index (χ3n) is 3.25. The summed E-state index contributed by atoms with van der Waals surface area (Å²) in [7, 11) is 4.52. The first-order chi connectivity index (χ1) is 7.62. The molecule has 0 rings (SSSR count). The van der Waals surface area contributed by atoms with E-state index in [0.29, 0.717) is 0 Å². The van der Waals surface area contributed by atoms with Gasteiger partial charge in [0.2, 0.25) is 0 Å². The minimum Gasteiger partial charge on any atom is -1.00 e. The van der Waals surface area contributed by atoms with Crippen molar-refractivity contribution >= 4 is 12.6 Å². The molecule has 0 spiro atoms. The number of hydrogen-bond acceptors (Lipinski definition) is 1. The second-order valence-electron chi connectivity index (χ2n) is 5.63. The fourth-order valence-electron chi connectivity index (χ4n) is 1.92. The Bertz CT molecular complexity index is 151. The molecular formula is C14H32BrNS. The molecule has 0 N–H and O–H groups in total. The third kappa shape index (κ3) is 14.7. The van der Waals surface area contributed by atoms with Crippen molar-refractivity contribution in [1.29, 1.82) is 0 Å². The highest BCUT2D eigenvalue weighted by Crippen LogP contribution is 2.11. The van der Waals surface area contributed by atoms with Gasteiger partial charge in [0.25, 0.3) is 0 Å². The third-order valence-corrected chi connectivity index (χ3v) is 4.02. The minimum absolute atomic E-state index is 0. The van der Waals surface area contributed by atoms with Crippen molar-refractivity contribution < 1.29 is 21.5 Å². The number of halogens is 1. The highest BCUT2D eigenvalue weighted by atomic mass is 79.9. The summed E-state index contributed by atoms with van der Waals surface area (Å²) in [5, 5.41) is 0. The maximum atomic E-state index is 4.36. The zero-order chi connectivity index (χ0) is 12.3. The molecule has 106 valence electrons. The minimum atomic E-state index is 0. The van der Waals surface area contributed by atoms with Gasteiger partial charge in [-0.15, -0.1) is 12.6 Å². The van der Waals surface area contributed by atoms with E-state index in [9.17, 15) is 0 Å². The van der Waals surface area contributed by atoms with Gasteiger partial charge in [-0.2, -0.15) is 0 Å². The van der Waals surface area contributed by atoms with Crippen LogP contribution in [0.3, 0.4) is 0 Å². The van der Waals surface area contributed by atoms with E-state index in [-0.39, 0.29) is 17.0 Å². The average molecular weight is 326 g/mol. The summed E-state index contributed by atoms with van der Waals surface area (Å²) in [5.41, 5.74) is 0. The van der Waals surface area contributed by atoms with E-state index in [1.807, 2.05) is 0 Å². The van der Waals surface area contributed by atoms with Crippen molar-refractivity contribution in [2.24, 2.45) is 0 Å². The molecule has 0 saturated heterocycles. The molecule has 0 atom stereocenters. The van der Waals surface area contributed by atoms with Gasteiger partial charge >= 0.3 is 0 Å². The monoisotopic (exact) mass is 325 g/mol. The van der Waals surface area contributed by atoms with Crippen molar-refractivity contribution in [1.82, 2.24) is 0 Å². The molecule has 0 aromatic rings. The Kier molecular flexibility index (Phi) is 15.7. The highest BCUT2D eigenvalue weighted by molar-refractivity contribution is 7.80. The summed E-state index contributed by atoms with van der Waals surface area (Å²) < 4.78 is 1.06. The summed E-state index contributed by atoms with van der Waals surface area (Å²) in [4.78, 5) is 0. The largest absolute Gasteiger partial charge is 1.00 e. The highest BCUT2D eigenvalue weighted by Gasteiger charge is 2.10. The molecule has 3 heteroatoms. The first-order valence-electron chi connectivity index (χ1n) is 7.05. The normalized spacial score (nSPS) is 11.3. The molecule has 0 unspecified atom stereocenters. The first kappa shape index (κ1) is 20.1. The molecular weight excluding hydrogens is 294 g/mol. The maximum Gasteiger partial charge on any atom is 0.122 e. The standard InChI is InChI=1S/C14H31NS.BrH/c1-4-5-6-7-8-9-10-11-12-13-15(2,3)14-16;/h4-14H2,1-3H3;1H. The predicted molar refractivity (Wildman–Crippen MR) is 78.1 cm³/mol. The van der Waals surface area contributed by atoms with Gasteiger partial charge in [0, 0.05) is 0 Å². The molecule has 0 saturated carbocycles. The van der Waals surface area contributed by atoms with Gasteiger partial charge in [0.1, 0.15) is 5.88 Å². The molecule has 0 amide bonds. The van der Waals surface area contributed by atoms with Crippen LogP contribution in [0.15, 0.2) is 0 Å². The zero-order valence-electron chi connectivity index (χ0n) is 12.1. The molecule has 0 aromatic carbocycles. The lowest BCUT2D eigenvalue weighted by Gasteiger charge is -2.27. The van der Waals surface area contributed by atoms with Crippen LogP contribution < -0.4 is 17.0 Å². The molecule has 0 aliphatic rings. The molecule has 0 radical (unpaired) electrons. The first-order valence-corrected chi connectivity index (χ1v) is 7.68. The molecule has 1 nitrogen and oxygen atoms in total. The van der Waals surface area contributed by atoms with Crippen molar-refractivity contribution in [2.45, 2.75) is 64.7 Å². The lowest BCUT2D eigenvalue weighted by molar-refractivity contribution is -0.877. The van der Waals surface area contributed by atoms with Crippen molar-refractivity contribution in [3.8, 4) is 0 Å². The Balaban J connectivity index is 0. The quantitative estimate of drug-likeness (QED) is 0.253. The van der Waals surface area contributed by atoms with Crippen LogP contribution in [0.2, 0.25) is 0 Å². The van der Waals surface area contributed by atoms with Crippen LogP contribution in [-0.2, 0) is 0 Å². The topological polar surface area (TPSA) is 0 Å². The second-order valence-corrected chi connectivity index (χ2v) is 5.91.